The van der Waals surface area contributed by atoms with Gasteiger partial charge in [-0.2, -0.15) is 0 Å². The summed E-state index contributed by atoms with van der Waals surface area (Å²) in [5.74, 6) is 0. The minimum absolute atomic E-state index is 0. The number of epoxide rings is 2. The second-order valence-corrected chi connectivity index (χ2v) is 2.69. The third-order valence-corrected chi connectivity index (χ3v) is 1.51. The molecule has 2 saturated heterocycles. The Kier molecular flexibility index (Phi) is 18.0. The SMILES string of the molecule is C.CC.CC.CC1CO1.CC1OC1C. The maximum Gasteiger partial charge on any atom is 0.0811 e. The molecule has 0 N–H and O–H groups in total. The van der Waals surface area contributed by atoms with Gasteiger partial charge in [-0.05, 0) is 20.8 Å². The summed E-state index contributed by atoms with van der Waals surface area (Å²) in [5, 5.41) is 0. The minimum atomic E-state index is 0. The predicted octanol–water partition coefficient (Wildman–Crippen LogP) is 3.89. The van der Waals surface area contributed by atoms with Crippen LogP contribution in [0.2, 0.25) is 0 Å². The normalized spacial score (nSPS) is 29.8. The van der Waals surface area contributed by atoms with Crippen LogP contribution >= 0.6 is 0 Å². The molecule has 2 fully saturated rings. The summed E-state index contributed by atoms with van der Waals surface area (Å²) in [6.07, 6.45) is 1.69. The highest BCUT2D eigenvalue weighted by atomic mass is 16.6. The molecule has 0 aromatic carbocycles. The van der Waals surface area contributed by atoms with Crippen LogP contribution in [0.5, 0.6) is 0 Å². The first-order valence-corrected chi connectivity index (χ1v) is 5.47. The van der Waals surface area contributed by atoms with E-state index in [1.807, 2.05) is 27.7 Å². The van der Waals surface area contributed by atoms with E-state index in [2.05, 4.69) is 20.8 Å². The topological polar surface area (TPSA) is 25.1 Å². The second-order valence-electron chi connectivity index (χ2n) is 2.69. The first-order valence-electron chi connectivity index (χ1n) is 5.47. The van der Waals surface area contributed by atoms with Crippen LogP contribution in [-0.2, 0) is 9.47 Å². The van der Waals surface area contributed by atoms with Crippen molar-refractivity contribution in [3.05, 3.63) is 0 Å². The Morgan fingerprint density at radius 2 is 1.00 bits per heavy atom. The van der Waals surface area contributed by atoms with E-state index < -0.39 is 0 Å². The first-order chi connectivity index (χ1) is 6.20. The highest BCUT2D eigenvalue weighted by Crippen LogP contribution is 2.18. The number of hydrogen-bond donors (Lipinski definition) is 0. The third kappa shape index (κ3) is 17.9. The van der Waals surface area contributed by atoms with Crippen LogP contribution in [0, 0.1) is 0 Å². The van der Waals surface area contributed by atoms with Crippen molar-refractivity contribution < 1.29 is 9.47 Å². The lowest BCUT2D eigenvalue weighted by Crippen LogP contribution is -1.74. The molecule has 2 aliphatic heterocycles. The molecule has 0 bridgehead atoms. The molecule has 0 spiro atoms. The molecule has 0 aromatic heterocycles. The molecule has 0 saturated carbocycles. The van der Waals surface area contributed by atoms with Crippen LogP contribution < -0.4 is 0 Å². The number of rotatable bonds is 0. The van der Waals surface area contributed by atoms with Gasteiger partial charge in [-0.1, -0.05) is 35.1 Å². The molecule has 90 valence electrons. The van der Waals surface area contributed by atoms with Gasteiger partial charge >= 0.3 is 0 Å². The van der Waals surface area contributed by atoms with Crippen molar-refractivity contribution in [2.75, 3.05) is 6.61 Å². The molecule has 3 unspecified atom stereocenters. The highest BCUT2D eigenvalue weighted by molar-refractivity contribution is 4.73. The summed E-state index contributed by atoms with van der Waals surface area (Å²) < 4.78 is 9.62. The summed E-state index contributed by atoms with van der Waals surface area (Å²) >= 11 is 0. The van der Waals surface area contributed by atoms with E-state index in [-0.39, 0.29) is 7.43 Å². The van der Waals surface area contributed by atoms with Gasteiger partial charge in [0.15, 0.2) is 0 Å². The van der Waals surface area contributed by atoms with Gasteiger partial charge in [-0.3, -0.25) is 0 Å². The summed E-state index contributed by atoms with van der Waals surface area (Å²) in [4.78, 5) is 0. The Morgan fingerprint density at radius 1 is 0.857 bits per heavy atom. The second kappa shape index (κ2) is 12.9. The van der Waals surface area contributed by atoms with Crippen LogP contribution in [0.25, 0.3) is 0 Å². The zero-order valence-corrected chi connectivity index (χ0v) is 10.3. The summed E-state index contributed by atoms with van der Waals surface area (Å²) in [5.41, 5.74) is 0. The van der Waals surface area contributed by atoms with Gasteiger partial charge in [0, 0.05) is 0 Å². The molecule has 3 atom stereocenters. The third-order valence-electron chi connectivity index (χ3n) is 1.51. The zero-order chi connectivity index (χ0) is 10.9. The fourth-order valence-electron chi connectivity index (χ4n) is 0.389. The Labute approximate surface area is 91.0 Å². The number of hydrogen-bond acceptors (Lipinski definition) is 2. The van der Waals surface area contributed by atoms with Crippen molar-refractivity contribution in [3.63, 3.8) is 0 Å². The van der Waals surface area contributed by atoms with Crippen LogP contribution in [0.4, 0.5) is 0 Å². The fourth-order valence-corrected chi connectivity index (χ4v) is 0.389. The van der Waals surface area contributed by atoms with Crippen LogP contribution in [0.3, 0.4) is 0 Å². The smallest absolute Gasteiger partial charge is 0.0811 e. The van der Waals surface area contributed by atoms with E-state index in [1.165, 1.54) is 0 Å². The molecule has 2 heteroatoms. The molecule has 0 aliphatic carbocycles. The lowest BCUT2D eigenvalue weighted by molar-refractivity contribution is 0.389. The Hall–Kier alpha value is -0.0800. The van der Waals surface area contributed by atoms with E-state index in [0.717, 1.165) is 6.61 Å². The molecule has 0 radical (unpaired) electrons. The molecule has 0 amide bonds. The largest absolute Gasteiger partial charge is 0.373 e. The molecular formula is C12H30O2. The van der Waals surface area contributed by atoms with Gasteiger partial charge in [0.1, 0.15) is 0 Å². The Morgan fingerprint density at radius 3 is 1.00 bits per heavy atom. The maximum absolute atomic E-state index is 4.92. The molecule has 2 nitrogen and oxygen atoms in total. The Bertz CT molecular complexity index is 84.3. The highest BCUT2D eigenvalue weighted by Gasteiger charge is 2.27. The van der Waals surface area contributed by atoms with Gasteiger partial charge in [0.05, 0.1) is 24.9 Å². The van der Waals surface area contributed by atoms with Crippen molar-refractivity contribution in [3.8, 4) is 0 Å². The fraction of sp³-hybridized carbons (Fsp3) is 1.00. The van der Waals surface area contributed by atoms with Gasteiger partial charge < -0.3 is 9.47 Å². The van der Waals surface area contributed by atoms with Crippen molar-refractivity contribution in [2.24, 2.45) is 0 Å². The van der Waals surface area contributed by atoms with Crippen LogP contribution in [-0.4, -0.2) is 24.9 Å². The molecule has 2 rings (SSSR count). The lowest BCUT2D eigenvalue weighted by Gasteiger charge is -1.57. The van der Waals surface area contributed by atoms with Crippen molar-refractivity contribution in [1.29, 1.82) is 0 Å². The minimum Gasteiger partial charge on any atom is -0.373 e. The van der Waals surface area contributed by atoms with Gasteiger partial charge in [-0.15, -0.1) is 0 Å². The molecule has 14 heavy (non-hydrogen) atoms. The lowest BCUT2D eigenvalue weighted by atomic mass is 10.4. The quantitative estimate of drug-likeness (QED) is 0.562. The average molecular weight is 206 g/mol. The Balaban J connectivity index is -0.000000123. The van der Waals surface area contributed by atoms with E-state index in [0.29, 0.717) is 18.3 Å². The average Bonchev–Trinajstić information content (AvgIpc) is 3.06. The van der Waals surface area contributed by atoms with Gasteiger partial charge in [-0.25, -0.2) is 0 Å². The zero-order valence-electron chi connectivity index (χ0n) is 10.3. The standard InChI is InChI=1S/C4H8O.C3H6O.2C2H6.CH4/c1-3-4(2)5-3;1-3-2-4-3;2*1-2;/h3-4H,1-2H3;3H,2H2,1H3;2*1-2H3;1H4. The van der Waals surface area contributed by atoms with Crippen LogP contribution in [0.15, 0.2) is 0 Å². The molecule has 0 aromatic rings. The predicted molar refractivity (Wildman–Crippen MR) is 64.9 cm³/mol. The molecule has 2 aliphatic rings. The van der Waals surface area contributed by atoms with E-state index in [4.69, 9.17) is 9.47 Å². The van der Waals surface area contributed by atoms with Crippen LogP contribution in [0.1, 0.15) is 55.9 Å². The molecular weight excluding hydrogens is 176 g/mol. The van der Waals surface area contributed by atoms with Crippen molar-refractivity contribution >= 4 is 0 Å². The van der Waals surface area contributed by atoms with E-state index in [1.54, 1.807) is 0 Å². The maximum atomic E-state index is 4.92. The molecule has 2 heterocycles. The van der Waals surface area contributed by atoms with Gasteiger partial charge in [0.25, 0.3) is 0 Å². The first kappa shape index (κ1) is 19.5. The van der Waals surface area contributed by atoms with Crippen molar-refractivity contribution in [1.82, 2.24) is 0 Å². The number of ether oxygens (including phenoxy) is 2. The summed E-state index contributed by atoms with van der Waals surface area (Å²) in [7, 11) is 0. The summed E-state index contributed by atoms with van der Waals surface area (Å²) in [6.45, 7) is 15.2. The van der Waals surface area contributed by atoms with E-state index >= 15 is 0 Å². The monoisotopic (exact) mass is 206 g/mol. The summed E-state index contributed by atoms with van der Waals surface area (Å²) in [6, 6.07) is 0. The van der Waals surface area contributed by atoms with Crippen molar-refractivity contribution in [2.45, 2.75) is 74.2 Å². The van der Waals surface area contributed by atoms with Gasteiger partial charge in [0.2, 0.25) is 0 Å². The van der Waals surface area contributed by atoms with E-state index in [9.17, 15) is 0 Å².